The van der Waals surface area contributed by atoms with Gasteiger partial charge in [-0.2, -0.15) is 0 Å². The Hall–Kier alpha value is -0.520. The van der Waals surface area contributed by atoms with E-state index in [2.05, 4.69) is 23.1 Å². The molecule has 0 amide bonds. The first-order valence-electron chi connectivity index (χ1n) is 5.73. The van der Waals surface area contributed by atoms with Crippen molar-refractivity contribution in [2.75, 3.05) is 32.7 Å². The zero-order valence-corrected chi connectivity index (χ0v) is 9.26. The van der Waals surface area contributed by atoms with E-state index in [1.54, 1.807) is 0 Å². The second kappa shape index (κ2) is 6.86. The van der Waals surface area contributed by atoms with Crippen LogP contribution in [0.2, 0.25) is 0 Å². The SMILES string of the molecule is C#CCN(CCC)CCNCC1CC1. The van der Waals surface area contributed by atoms with E-state index >= 15 is 0 Å². The molecule has 1 fully saturated rings. The van der Waals surface area contributed by atoms with E-state index in [-0.39, 0.29) is 0 Å². The lowest BCUT2D eigenvalue weighted by Gasteiger charge is -2.18. The fraction of sp³-hybridized carbons (Fsp3) is 0.833. The minimum atomic E-state index is 0.791. The summed E-state index contributed by atoms with van der Waals surface area (Å²) in [6.07, 6.45) is 9.35. The van der Waals surface area contributed by atoms with Gasteiger partial charge >= 0.3 is 0 Å². The Bertz CT molecular complexity index is 179. The third-order valence-electron chi connectivity index (χ3n) is 2.59. The Morgan fingerprint density at radius 3 is 2.79 bits per heavy atom. The van der Waals surface area contributed by atoms with Gasteiger partial charge < -0.3 is 5.32 Å². The quantitative estimate of drug-likeness (QED) is 0.463. The van der Waals surface area contributed by atoms with Crippen LogP contribution in [0.15, 0.2) is 0 Å². The number of nitrogens with zero attached hydrogens (tertiary/aromatic N) is 1. The second-order valence-electron chi connectivity index (χ2n) is 4.13. The van der Waals surface area contributed by atoms with E-state index in [1.165, 1.54) is 25.8 Å². The molecule has 0 radical (unpaired) electrons. The smallest absolute Gasteiger partial charge is 0.0599 e. The molecule has 0 aromatic rings. The zero-order valence-electron chi connectivity index (χ0n) is 9.26. The molecule has 0 unspecified atom stereocenters. The predicted molar refractivity (Wildman–Crippen MR) is 61.2 cm³/mol. The molecule has 0 atom stereocenters. The maximum atomic E-state index is 5.31. The van der Waals surface area contributed by atoms with Crippen molar-refractivity contribution >= 4 is 0 Å². The van der Waals surface area contributed by atoms with Gasteiger partial charge in [-0.1, -0.05) is 12.8 Å². The minimum absolute atomic E-state index is 0.791. The number of hydrogen-bond donors (Lipinski definition) is 1. The summed E-state index contributed by atoms with van der Waals surface area (Å²) in [6.45, 7) is 7.48. The first-order chi connectivity index (χ1) is 6.86. The van der Waals surface area contributed by atoms with Gasteiger partial charge in [-0.05, 0) is 38.3 Å². The maximum Gasteiger partial charge on any atom is 0.0599 e. The predicted octanol–water partition coefficient (Wildman–Crippen LogP) is 1.33. The average molecular weight is 194 g/mol. The summed E-state index contributed by atoms with van der Waals surface area (Å²) in [5, 5.41) is 3.48. The monoisotopic (exact) mass is 194 g/mol. The van der Waals surface area contributed by atoms with E-state index < -0.39 is 0 Å². The van der Waals surface area contributed by atoms with Crippen molar-refractivity contribution in [1.29, 1.82) is 0 Å². The molecule has 1 N–H and O–H groups in total. The van der Waals surface area contributed by atoms with Gasteiger partial charge in [0, 0.05) is 13.1 Å². The first kappa shape index (κ1) is 11.6. The average Bonchev–Trinajstić information content (AvgIpc) is 2.96. The van der Waals surface area contributed by atoms with Crippen LogP contribution >= 0.6 is 0 Å². The molecule has 1 saturated carbocycles. The summed E-state index contributed by atoms with van der Waals surface area (Å²) in [6, 6.07) is 0. The van der Waals surface area contributed by atoms with Gasteiger partial charge in [0.1, 0.15) is 0 Å². The highest BCUT2D eigenvalue weighted by molar-refractivity contribution is 4.88. The molecule has 80 valence electrons. The molecule has 0 aromatic heterocycles. The van der Waals surface area contributed by atoms with Crippen molar-refractivity contribution < 1.29 is 0 Å². The van der Waals surface area contributed by atoms with E-state index in [9.17, 15) is 0 Å². The molecular weight excluding hydrogens is 172 g/mol. The van der Waals surface area contributed by atoms with Crippen molar-refractivity contribution in [2.24, 2.45) is 5.92 Å². The fourth-order valence-corrected chi connectivity index (χ4v) is 1.58. The standard InChI is InChI=1S/C12H22N2/c1-3-8-14(9-4-2)10-7-13-11-12-5-6-12/h1,12-13H,4-11H2,2H3. The third-order valence-corrected chi connectivity index (χ3v) is 2.59. The number of hydrogen-bond acceptors (Lipinski definition) is 2. The van der Waals surface area contributed by atoms with E-state index in [4.69, 9.17) is 6.42 Å². The summed E-state index contributed by atoms with van der Waals surface area (Å²) < 4.78 is 0. The molecule has 0 saturated heterocycles. The summed E-state index contributed by atoms with van der Waals surface area (Å²) >= 11 is 0. The van der Waals surface area contributed by atoms with Crippen molar-refractivity contribution in [2.45, 2.75) is 26.2 Å². The molecule has 14 heavy (non-hydrogen) atoms. The molecule has 0 bridgehead atoms. The Labute approximate surface area is 88.1 Å². The summed E-state index contributed by atoms with van der Waals surface area (Å²) in [7, 11) is 0. The van der Waals surface area contributed by atoms with Crippen molar-refractivity contribution in [3.63, 3.8) is 0 Å². The van der Waals surface area contributed by atoms with Gasteiger partial charge in [-0.15, -0.1) is 6.42 Å². The van der Waals surface area contributed by atoms with Crippen LogP contribution in [0.4, 0.5) is 0 Å². The first-order valence-corrected chi connectivity index (χ1v) is 5.73. The lowest BCUT2D eigenvalue weighted by atomic mass is 10.3. The Balaban J connectivity index is 1.96. The topological polar surface area (TPSA) is 15.3 Å². The van der Waals surface area contributed by atoms with Crippen LogP contribution in [0.5, 0.6) is 0 Å². The van der Waals surface area contributed by atoms with Crippen molar-refractivity contribution in [1.82, 2.24) is 10.2 Å². The van der Waals surface area contributed by atoms with E-state index in [1.807, 2.05) is 0 Å². The van der Waals surface area contributed by atoms with Crippen molar-refractivity contribution in [3.05, 3.63) is 0 Å². The molecule has 0 aliphatic heterocycles. The summed E-state index contributed by atoms with van der Waals surface area (Å²) in [5.74, 6) is 3.69. The highest BCUT2D eigenvalue weighted by Gasteiger charge is 2.19. The van der Waals surface area contributed by atoms with Gasteiger partial charge in [0.05, 0.1) is 6.54 Å². The number of terminal acetylenes is 1. The molecule has 1 rings (SSSR count). The lowest BCUT2D eigenvalue weighted by Crippen LogP contribution is -2.33. The second-order valence-corrected chi connectivity index (χ2v) is 4.13. The summed E-state index contributed by atoms with van der Waals surface area (Å²) in [5.41, 5.74) is 0. The molecule has 0 heterocycles. The molecule has 2 heteroatoms. The summed E-state index contributed by atoms with van der Waals surface area (Å²) in [4.78, 5) is 2.33. The minimum Gasteiger partial charge on any atom is -0.315 e. The van der Waals surface area contributed by atoms with Crippen LogP contribution in [0, 0.1) is 18.3 Å². The van der Waals surface area contributed by atoms with Crippen LogP contribution in [-0.4, -0.2) is 37.6 Å². The normalized spacial score (nSPS) is 15.8. The zero-order chi connectivity index (χ0) is 10.2. The molecule has 0 aromatic carbocycles. The van der Waals surface area contributed by atoms with Gasteiger partial charge in [-0.3, -0.25) is 4.90 Å². The molecule has 2 nitrogen and oxygen atoms in total. The lowest BCUT2D eigenvalue weighted by molar-refractivity contribution is 0.305. The number of rotatable bonds is 8. The molecule has 0 spiro atoms. The van der Waals surface area contributed by atoms with Crippen LogP contribution in [0.3, 0.4) is 0 Å². The highest BCUT2D eigenvalue weighted by atomic mass is 15.1. The fourth-order valence-electron chi connectivity index (χ4n) is 1.58. The van der Waals surface area contributed by atoms with Crippen LogP contribution in [0.1, 0.15) is 26.2 Å². The Morgan fingerprint density at radius 1 is 1.43 bits per heavy atom. The molecule has 1 aliphatic carbocycles. The van der Waals surface area contributed by atoms with Gasteiger partial charge in [0.15, 0.2) is 0 Å². The van der Waals surface area contributed by atoms with E-state index in [0.717, 1.165) is 32.1 Å². The van der Waals surface area contributed by atoms with Gasteiger partial charge in [0.25, 0.3) is 0 Å². The molecule has 1 aliphatic rings. The maximum absolute atomic E-state index is 5.31. The van der Waals surface area contributed by atoms with E-state index in [0.29, 0.717) is 0 Å². The third kappa shape index (κ3) is 5.26. The number of nitrogens with one attached hydrogen (secondary N) is 1. The largest absolute Gasteiger partial charge is 0.315 e. The van der Waals surface area contributed by atoms with Gasteiger partial charge in [-0.25, -0.2) is 0 Å². The van der Waals surface area contributed by atoms with Crippen LogP contribution in [0.25, 0.3) is 0 Å². The van der Waals surface area contributed by atoms with Crippen LogP contribution in [-0.2, 0) is 0 Å². The van der Waals surface area contributed by atoms with Gasteiger partial charge in [0.2, 0.25) is 0 Å². The highest BCUT2D eigenvalue weighted by Crippen LogP contribution is 2.27. The Kier molecular flexibility index (Phi) is 5.66. The van der Waals surface area contributed by atoms with Crippen LogP contribution < -0.4 is 5.32 Å². The van der Waals surface area contributed by atoms with Crippen molar-refractivity contribution in [3.8, 4) is 12.3 Å². The molecular formula is C12H22N2. The Morgan fingerprint density at radius 2 is 2.21 bits per heavy atom.